The van der Waals surface area contributed by atoms with Crippen LogP contribution in [0.5, 0.6) is 0 Å². The Kier molecular flexibility index (Phi) is 4.84. The fourth-order valence-corrected chi connectivity index (χ4v) is 3.09. The molecule has 0 radical (unpaired) electrons. The molecule has 0 amide bonds. The van der Waals surface area contributed by atoms with Crippen molar-refractivity contribution in [3.8, 4) is 0 Å². The average molecular weight is 256 g/mol. The number of alkyl halides is 1. The van der Waals surface area contributed by atoms with Gasteiger partial charge in [-0.05, 0) is 31.6 Å². The van der Waals surface area contributed by atoms with Gasteiger partial charge in [0, 0.05) is 18.3 Å². The zero-order valence-corrected chi connectivity index (χ0v) is 11.4. The third kappa shape index (κ3) is 3.70. The maximum atomic E-state index is 6.31. The van der Waals surface area contributed by atoms with E-state index in [0.29, 0.717) is 11.3 Å². The summed E-state index contributed by atoms with van der Waals surface area (Å²) in [6.07, 6.45) is 10.0. The third-order valence-electron chi connectivity index (χ3n) is 3.57. The Bertz CT molecular complexity index is 337. The van der Waals surface area contributed by atoms with Crippen LogP contribution in [0.4, 0.5) is 0 Å². The maximum absolute atomic E-state index is 6.31. The number of nitrogens with zero attached hydrogens (tertiary/aromatic N) is 3. The molecule has 1 heterocycles. The molecule has 1 aliphatic carbocycles. The van der Waals surface area contributed by atoms with Gasteiger partial charge in [0.2, 0.25) is 0 Å². The van der Waals surface area contributed by atoms with Crippen molar-refractivity contribution in [1.29, 1.82) is 0 Å². The van der Waals surface area contributed by atoms with Crippen LogP contribution in [0, 0.1) is 5.92 Å². The summed E-state index contributed by atoms with van der Waals surface area (Å²) in [5.41, 5.74) is 0. The van der Waals surface area contributed by atoms with E-state index in [0.717, 1.165) is 31.6 Å². The number of hydrogen-bond acceptors (Lipinski definition) is 2. The van der Waals surface area contributed by atoms with Crippen molar-refractivity contribution in [3.05, 3.63) is 12.2 Å². The molecule has 2 atom stereocenters. The minimum atomic E-state index is 0.366. The molecule has 17 heavy (non-hydrogen) atoms. The Morgan fingerprint density at radius 2 is 2.24 bits per heavy atom. The van der Waals surface area contributed by atoms with Crippen LogP contribution in [0.15, 0.2) is 6.33 Å². The second-order valence-corrected chi connectivity index (χ2v) is 5.70. The molecule has 0 N–H and O–H groups in total. The highest BCUT2D eigenvalue weighted by Crippen LogP contribution is 2.28. The molecule has 1 saturated carbocycles. The normalized spacial score (nSPS) is 25.8. The lowest BCUT2D eigenvalue weighted by molar-refractivity contribution is 0.432. The molecule has 0 aliphatic heterocycles. The first-order valence-electron chi connectivity index (χ1n) is 6.80. The predicted octanol–water partition coefficient (Wildman–Crippen LogP) is 3.42. The molecule has 0 spiro atoms. The fourth-order valence-electron chi connectivity index (χ4n) is 2.68. The van der Waals surface area contributed by atoms with Gasteiger partial charge < -0.3 is 0 Å². The van der Waals surface area contributed by atoms with Crippen LogP contribution in [-0.4, -0.2) is 20.1 Å². The highest BCUT2D eigenvalue weighted by atomic mass is 35.5. The van der Waals surface area contributed by atoms with Crippen molar-refractivity contribution in [2.45, 2.75) is 63.8 Å². The van der Waals surface area contributed by atoms with Crippen LogP contribution in [0.3, 0.4) is 0 Å². The lowest BCUT2D eigenvalue weighted by atomic mass is 9.96. The zero-order valence-electron chi connectivity index (χ0n) is 10.6. The summed E-state index contributed by atoms with van der Waals surface area (Å²) in [5.74, 6) is 1.84. The van der Waals surface area contributed by atoms with Crippen LogP contribution in [0.2, 0.25) is 0 Å². The van der Waals surface area contributed by atoms with Crippen molar-refractivity contribution in [1.82, 2.24) is 14.8 Å². The first kappa shape index (κ1) is 12.9. The Morgan fingerprint density at radius 3 is 3.06 bits per heavy atom. The van der Waals surface area contributed by atoms with E-state index in [1.807, 2.05) is 4.68 Å². The van der Waals surface area contributed by atoms with Gasteiger partial charge in [0.05, 0.1) is 0 Å². The summed E-state index contributed by atoms with van der Waals surface area (Å²) < 4.78 is 2.05. The maximum Gasteiger partial charge on any atom is 0.138 e. The van der Waals surface area contributed by atoms with Crippen molar-refractivity contribution in [3.63, 3.8) is 0 Å². The SMILES string of the molecule is CCCn1ncnc1CC1CCCCC(Cl)C1. The van der Waals surface area contributed by atoms with E-state index in [-0.39, 0.29) is 0 Å². The second kappa shape index (κ2) is 6.39. The minimum Gasteiger partial charge on any atom is -0.250 e. The first-order valence-corrected chi connectivity index (χ1v) is 7.24. The molecule has 1 aromatic heterocycles. The Morgan fingerprint density at radius 1 is 1.41 bits per heavy atom. The summed E-state index contributed by atoms with van der Waals surface area (Å²) >= 11 is 6.31. The molecular weight excluding hydrogens is 234 g/mol. The van der Waals surface area contributed by atoms with Gasteiger partial charge in [-0.25, -0.2) is 4.98 Å². The standard InChI is InChI=1S/C13H22ClN3/c1-2-7-17-13(15-10-16-17)9-11-5-3-4-6-12(14)8-11/h10-12H,2-9H2,1H3. The van der Waals surface area contributed by atoms with Crippen molar-refractivity contribution < 1.29 is 0 Å². The van der Waals surface area contributed by atoms with Gasteiger partial charge in [0.25, 0.3) is 0 Å². The Hall–Kier alpha value is -0.570. The van der Waals surface area contributed by atoms with Gasteiger partial charge in [0.1, 0.15) is 12.2 Å². The number of aromatic nitrogens is 3. The average Bonchev–Trinajstić information content (AvgIpc) is 2.61. The van der Waals surface area contributed by atoms with Gasteiger partial charge in [-0.1, -0.05) is 19.8 Å². The number of hydrogen-bond donors (Lipinski definition) is 0. The Balaban J connectivity index is 1.96. The van der Waals surface area contributed by atoms with Gasteiger partial charge >= 0.3 is 0 Å². The first-order chi connectivity index (χ1) is 8.29. The molecule has 4 heteroatoms. The van der Waals surface area contributed by atoms with E-state index >= 15 is 0 Å². The molecule has 1 aliphatic rings. The third-order valence-corrected chi connectivity index (χ3v) is 3.97. The molecule has 1 fully saturated rings. The molecule has 0 saturated heterocycles. The summed E-state index contributed by atoms with van der Waals surface area (Å²) in [5, 5.41) is 4.65. The number of rotatable bonds is 4. The van der Waals surface area contributed by atoms with E-state index in [9.17, 15) is 0 Å². The van der Waals surface area contributed by atoms with E-state index in [4.69, 9.17) is 11.6 Å². The zero-order chi connectivity index (χ0) is 12.1. The lowest BCUT2D eigenvalue weighted by Gasteiger charge is -2.15. The monoisotopic (exact) mass is 255 g/mol. The summed E-state index contributed by atoms with van der Waals surface area (Å²) in [6, 6.07) is 0. The smallest absolute Gasteiger partial charge is 0.138 e. The lowest BCUT2D eigenvalue weighted by Crippen LogP contribution is -2.13. The highest BCUT2D eigenvalue weighted by Gasteiger charge is 2.20. The Labute approximate surface area is 109 Å². The van der Waals surface area contributed by atoms with E-state index in [1.165, 1.54) is 25.7 Å². The quantitative estimate of drug-likeness (QED) is 0.610. The molecule has 0 aromatic carbocycles. The molecule has 2 unspecified atom stereocenters. The topological polar surface area (TPSA) is 30.7 Å². The predicted molar refractivity (Wildman–Crippen MR) is 70.2 cm³/mol. The van der Waals surface area contributed by atoms with Crippen LogP contribution < -0.4 is 0 Å². The number of halogens is 1. The van der Waals surface area contributed by atoms with E-state index < -0.39 is 0 Å². The van der Waals surface area contributed by atoms with E-state index in [2.05, 4.69) is 17.0 Å². The van der Waals surface area contributed by atoms with Crippen molar-refractivity contribution in [2.24, 2.45) is 5.92 Å². The van der Waals surface area contributed by atoms with Gasteiger partial charge in [-0.3, -0.25) is 4.68 Å². The molecule has 1 aromatic rings. The molecule has 2 rings (SSSR count). The van der Waals surface area contributed by atoms with Crippen molar-refractivity contribution >= 4 is 11.6 Å². The number of aryl methyl sites for hydroxylation is 1. The summed E-state index contributed by atoms with van der Waals surface area (Å²) in [6.45, 7) is 3.15. The summed E-state index contributed by atoms with van der Waals surface area (Å²) in [4.78, 5) is 4.39. The highest BCUT2D eigenvalue weighted by molar-refractivity contribution is 6.20. The van der Waals surface area contributed by atoms with Crippen LogP contribution in [-0.2, 0) is 13.0 Å². The molecule has 3 nitrogen and oxygen atoms in total. The van der Waals surface area contributed by atoms with Crippen molar-refractivity contribution in [2.75, 3.05) is 0 Å². The van der Waals surface area contributed by atoms with Crippen LogP contribution in [0.1, 0.15) is 51.3 Å². The van der Waals surface area contributed by atoms with Crippen LogP contribution >= 0.6 is 11.6 Å². The minimum absolute atomic E-state index is 0.366. The van der Waals surface area contributed by atoms with Gasteiger partial charge in [-0.2, -0.15) is 5.10 Å². The fraction of sp³-hybridized carbons (Fsp3) is 0.846. The molecule has 0 bridgehead atoms. The van der Waals surface area contributed by atoms with Gasteiger partial charge in [-0.15, -0.1) is 11.6 Å². The van der Waals surface area contributed by atoms with Crippen LogP contribution in [0.25, 0.3) is 0 Å². The largest absolute Gasteiger partial charge is 0.250 e. The van der Waals surface area contributed by atoms with E-state index in [1.54, 1.807) is 6.33 Å². The van der Waals surface area contributed by atoms with Gasteiger partial charge in [0.15, 0.2) is 0 Å². The summed E-state index contributed by atoms with van der Waals surface area (Å²) in [7, 11) is 0. The molecule has 96 valence electrons. The second-order valence-electron chi connectivity index (χ2n) is 5.09. The molecular formula is C13H22ClN3.